The summed E-state index contributed by atoms with van der Waals surface area (Å²) in [5.41, 5.74) is 2.38. The van der Waals surface area contributed by atoms with Crippen molar-refractivity contribution in [1.29, 1.82) is 0 Å². The van der Waals surface area contributed by atoms with Crippen molar-refractivity contribution in [3.63, 3.8) is 0 Å². The van der Waals surface area contributed by atoms with Crippen LogP contribution in [0.15, 0.2) is 29.3 Å². The highest BCUT2D eigenvalue weighted by Crippen LogP contribution is 2.12. The van der Waals surface area contributed by atoms with Crippen molar-refractivity contribution in [3.8, 4) is 0 Å². The van der Waals surface area contributed by atoms with Crippen LogP contribution in [0.3, 0.4) is 0 Å². The van der Waals surface area contributed by atoms with Gasteiger partial charge in [-0.3, -0.25) is 0 Å². The number of nitrogens with one attached hydrogen (secondary N) is 2. The highest BCUT2D eigenvalue weighted by atomic mass is 127. The molecule has 6 nitrogen and oxygen atoms in total. The lowest BCUT2D eigenvalue weighted by molar-refractivity contribution is 0.0888. The fourth-order valence-electron chi connectivity index (χ4n) is 2.82. The summed E-state index contributed by atoms with van der Waals surface area (Å²) in [7, 11) is 0. The van der Waals surface area contributed by atoms with Crippen LogP contribution in [0.5, 0.6) is 0 Å². The normalized spacial score (nSPS) is 16.6. The van der Waals surface area contributed by atoms with Crippen molar-refractivity contribution < 1.29 is 14.2 Å². The van der Waals surface area contributed by atoms with Gasteiger partial charge in [0, 0.05) is 38.8 Å². The fraction of sp³-hybridized carbons (Fsp3) is 0.667. The molecule has 160 valence electrons. The van der Waals surface area contributed by atoms with E-state index in [2.05, 4.69) is 46.8 Å². The third-order valence-electron chi connectivity index (χ3n) is 4.40. The quantitative estimate of drug-likeness (QED) is 0.198. The van der Waals surface area contributed by atoms with Crippen LogP contribution >= 0.6 is 24.0 Å². The molecule has 7 heteroatoms. The Hall–Kier alpha value is -0.900. The van der Waals surface area contributed by atoms with Crippen LogP contribution < -0.4 is 10.6 Å². The SMILES string of the molecule is CCNC(=NCc1ccc(COCC)cc1)NCCCOCC1CCOC1.I. The van der Waals surface area contributed by atoms with E-state index < -0.39 is 0 Å². The van der Waals surface area contributed by atoms with E-state index in [-0.39, 0.29) is 24.0 Å². The van der Waals surface area contributed by atoms with Crippen molar-refractivity contribution in [2.24, 2.45) is 10.9 Å². The summed E-state index contributed by atoms with van der Waals surface area (Å²) < 4.78 is 16.5. The zero-order chi connectivity index (χ0) is 19.2. The highest BCUT2D eigenvalue weighted by molar-refractivity contribution is 14.0. The van der Waals surface area contributed by atoms with Gasteiger partial charge in [0.25, 0.3) is 0 Å². The third kappa shape index (κ3) is 10.6. The molecule has 1 atom stereocenters. The number of halogens is 1. The summed E-state index contributed by atoms with van der Waals surface area (Å²) in [5.74, 6) is 1.43. The van der Waals surface area contributed by atoms with E-state index in [0.29, 0.717) is 19.1 Å². The molecule has 1 aliphatic rings. The Labute approximate surface area is 186 Å². The Balaban J connectivity index is 0.00000392. The summed E-state index contributed by atoms with van der Waals surface area (Å²) in [6.45, 7) is 11.2. The second-order valence-electron chi connectivity index (χ2n) is 6.73. The maximum absolute atomic E-state index is 5.74. The number of aliphatic imine (C=N–C) groups is 1. The predicted octanol–water partition coefficient (Wildman–Crippen LogP) is 3.34. The van der Waals surface area contributed by atoms with Crippen LogP contribution in [0.4, 0.5) is 0 Å². The minimum absolute atomic E-state index is 0. The molecule has 0 saturated carbocycles. The molecule has 1 aromatic carbocycles. The predicted molar refractivity (Wildman–Crippen MR) is 124 cm³/mol. The molecule has 2 rings (SSSR count). The Morgan fingerprint density at radius 3 is 2.61 bits per heavy atom. The second kappa shape index (κ2) is 16.0. The molecule has 0 radical (unpaired) electrons. The van der Waals surface area contributed by atoms with Gasteiger partial charge in [0.05, 0.1) is 26.4 Å². The third-order valence-corrected chi connectivity index (χ3v) is 4.40. The van der Waals surface area contributed by atoms with Gasteiger partial charge in [-0.05, 0) is 37.8 Å². The fourth-order valence-corrected chi connectivity index (χ4v) is 2.82. The topological polar surface area (TPSA) is 64.1 Å². The van der Waals surface area contributed by atoms with Gasteiger partial charge in [-0.1, -0.05) is 24.3 Å². The molecule has 1 aliphatic heterocycles. The molecule has 0 aliphatic carbocycles. The first-order valence-electron chi connectivity index (χ1n) is 10.1. The van der Waals surface area contributed by atoms with Crippen molar-refractivity contribution in [2.75, 3.05) is 46.1 Å². The Bertz CT molecular complexity index is 534. The molecule has 1 heterocycles. The lowest BCUT2D eigenvalue weighted by atomic mass is 10.1. The Morgan fingerprint density at radius 2 is 1.93 bits per heavy atom. The van der Waals surface area contributed by atoms with E-state index >= 15 is 0 Å². The molecule has 0 aromatic heterocycles. The maximum Gasteiger partial charge on any atom is 0.191 e. The van der Waals surface area contributed by atoms with Crippen molar-refractivity contribution in [3.05, 3.63) is 35.4 Å². The summed E-state index contributed by atoms with van der Waals surface area (Å²) >= 11 is 0. The molecule has 0 spiro atoms. The molecule has 1 aromatic rings. The van der Waals surface area contributed by atoms with Crippen LogP contribution in [0.1, 0.15) is 37.8 Å². The largest absolute Gasteiger partial charge is 0.381 e. The lowest BCUT2D eigenvalue weighted by Gasteiger charge is -2.12. The summed E-state index contributed by atoms with van der Waals surface area (Å²) in [6.07, 6.45) is 2.09. The first-order chi connectivity index (χ1) is 13.3. The first-order valence-corrected chi connectivity index (χ1v) is 10.1. The van der Waals surface area contributed by atoms with Crippen LogP contribution in [-0.4, -0.2) is 52.1 Å². The first kappa shape index (κ1) is 25.1. The number of hydrogen-bond acceptors (Lipinski definition) is 4. The smallest absolute Gasteiger partial charge is 0.191 e. The van der Waals surface area contributed by atoms with E-state index in [1.807, 2.05) is 6.92 Å². The average Bonchev–Trinajstić information content (AvgIpc) is 3.21. The van der Waals surface area contributed by atoms with Gasteiger partial charge in [-0.25, -0.2) is 4.99 Å². The molecular formula is C21H36IN3O3. The summed E-state index contributed by atoms with van der Waals surface area (Å²) in [4.78, 5) is 4.66. The standard InChI is InChI=1S/C21H35N3O3.HI/c1-3-22-21(23-11-5-12-26-16-20-10-13-27-17-20)24-14-18-6-8-19(9-7-18)15-25-4-2;/h6-9,20H,3-5,10-17H2,1-2H3,(H2,22,23,24);1H. The van der Waals surface area contributed by atoms with Gasteiger partial charge in [0.1, 0.15) is 0 Å². The van der Waals surface area contributed by atoms with Gasteiger partial charge in [-0.15, -0.1) is 24.0 Å². The second-order valence-corrected chi connectivity index (χ2v) is 6.73. The maximum atomic E-state index is 5.74. The minimum atomic E-state index is 0. The number of ether oxygens (including phenoxy) is 3. The van der Waals surface area contributed by atoms with Gasteiger partial charge in [0.2, 0.25) is 0 Å². The number of guanidine groups is 1. The monoisotopic (exact) mass is 505 g/mol. The number of hydrogen-bond donors (Lipinski definition) is 2. The van der Waals surface area contributed by atoms with E-state index in [9.17, 15) is 0 Å². The Morgan fingerprint density at radius 1 is 1.14 bits per heavy atom. The highest BCUT2D eigenvalue weighted by Gasteiger charge is 2.15. The lowest BCUT2D eigenvalue weighted by Crippen LogP contribution is -2.38. The van der Waals surface area contributed by atoms with Crippen LogP contribution in [0.25, 0.3) is 0 Å². The van der Waals surface area contributed by atoms with Crippen molar-refractivity contribution in [1.82, 2.24) is 10.6 Å². The zero-order valence-corrected chi connectivity index (χ0v) is 19.6. The summed E-state index contributed by atoms with van der Waals surface area (Å²) in [6, 6.07) is 8.44. The molecule has 1 saturated heterocycles. The van der Waals surface area contributed by atoms with E-state index in [4.69, 9.17) is 14.2 Å². The zero-order valence-electron chi connectivity index (χ0n) is 17.2. The van der Waals surface area contributed by atoms with E-state index in [0.717, 1.165) is 64.9 Å². The molecular weight excluding hydrogens is 469 g/mol. The molecule has 1 unspecified atom stereocenters. The van der Waals surface area contributed by atoms with Gasteiger partial charge >= 0.3 is 0 Å². The molecule has 0 bridgehead atoms. The molecule has 0 amide bonds. The number of rotatable bonds is 12. The average molecular weight is 505 g/mol. The minimum Gasteiger partial charge on any atom is -0.381 e. The molecule has 2 N–H and O–H groups in total. The Kier molecular flexibility index (Phi) is 14.3. The molecule has 28 heavy (non-hydrogen) atoms. The van der Waals surface area contributed by atoms with Crippen molar-refractivity contribution in [2.45, 2.75) is 39.8 Å². The van der Waals surface area contributed by atoms with E-state index in [1.54, 1.807) is 0 Å². The van der Waals surface area contributed by atoms with Crippen LogP contribution in [0.2, 0.25) is 0 Å². The van der Waals surface area contributed by atoms with Crippen molar-refractivity contribution >= 4 is 29.9 Å². The van der Waals surface area contributed by atoms with Crippen LogP contribution in [0, 0.1) is 5.92 Å². The van der Waals surface area contributed by atoms with E-state index in [1.165, 1.54) is 11.1 Å². The van der Waals surface area contributed by atoms with Crippen LogP contribution in [-0.2, 0) is 27.4 Å². The molecule has 1 fully saturated rings. The van der Waals surface area contributed by atoms with Gasteiger partial charge in [-0.2, -0.15) is 0 Å². The number of benzene rings is 1. The summed E-state index contributed by atoms with van der Waals surface area (Å²) in [5, 5.41) is 6.66. The number of nitrogens with zero attached hydrogens (tertiary/aromatic N) is 1. The van der Waals surface area contributed by atoms with Gasteiger partial charge < -0.3 is 24.8 Å². The van der Waals surface area contributed by atoms with Gasteiger partial charge in [0.15, 0.2) is 5.96 Å².